The molecule has 0 aliphatic carbocycles. The Hall–Kier alpha value is -1.06. The minimum absolute atomic E-state index is 0.122. The smallest absolute Gasteiger partial charge is 0.0474 e. The van der Waals surface area contributed by atoms with E-state index in [-0.39, 0.29) is 18.6 Å². The van der Waals surface area contributed by atoms with E-state index in [1.165, 1.54) is 5.56 Å². The van der Waals surface area contributed by atoms with Gasteiger partial charge in [-0.3, -0.25) is 0 Å². The highest BCUT2D eigenvalue weighted by molar-refractivity contribution is 6.31. The normalized spacial score (nSPS) is 13.8. The lowest BCUT2D eigenvalue weighted by Gasteiger charge is -2.21. The lowest BCUT2D eigenvalue weighted by Crippen LogP contribution is -2.29. The molecule has 2 unspecified atom stereocenters. The van der Waals surface area contributed by atoms with Crippen molar-refractivity contribution in [2.75, 3.05) is 13.2 Å². The summed E-state index contributed by atoms with van der Waals surface area (Å²) in [7, 11) is 0. The van der Waals surface area contributed by atoms with Crippen LogP contribution in [0.2, 0.25) is 10.0 Å². The average Bonchev–Trinajstić information content (AvgIpc) is 2.55. The average molecular weight is 352 g/mol. The predicted molar refractivity (Wildman–Crippen MR) is 98.3 cm³/mol. The number of halogens is 2. The van der Waals surface area contributed by atoms with Crippen LogP contribution in [0.5, 0.6) is 0 Å². The van der Waals surface area contributed by atoms with Crippen LogP contribution in [0, 0.1) is 12.8 Å². The summed E-state index contributed by atoms with van der Waals surface area (Å²) in [6.45, 7) is 4.99. The van der Waals surface area contributed by atoms with Crippen molar-refractivity contribution < 1.29 is 5.11 Å². The van der Waals surface area contributed by atoms with E-state index in [4.69, 9.17) is 23.2 Å². The van der Waals surface area contributed by atoms with Gasteiger partial charge < -0.3 is 10.4 Å². The monoisotopic (exact) mass is 351 g/mol. The molecule has 2 nitrogen and oxygen atoms in total. The van der Waals surface area contributed by atoms with E-state index in [1.54, 1.807) is 0 Å². The molecule has 0 radical (unpaired) electrons. The van der Waals surface area contributed by atoms with E-state index in [0.29, 0.717) is 0 Å². The molecule has 4 heteroatoms. The topological polar surface area (TPSA) is 32.3 Å². The molecule has 0 saturated carbocycles. The molecule has 0 aliphatic rings. The fourth-order valence-corrected chi connectivity index (χ4v) is 3.12. The number of hydrogen-bond acceptors (Lipinski definition) is 2. The van der Waals surface area contributed by atoms with Crippen molar-refractivity contribution in [1.82, 2.24) is 5.32 Å². The first-order chi connectivity index (χ1) is 11.0. The number of aliphatic hydroxyl groups excluding tert-OH is 1. The molecule has 0 spiro atoms. The second-order valence-electron chi connectivity index (χ2n) is 5.93. The van der Waals surface area contributed by atoms with Gasteiger partial charge in [0, 0.05) is 29.2 Å². The van der Waals surface area contributed by atoms with Crippen molar-refractivity contribution >= 4 is 23.2 Å². The van der Waals surface area contributed by atoms with Crippen LogP contribution >= 0.6 is 23.2 Å². The molecule has 0 heterocycles. The number of nitrogens with one attached hydrogen (secondary N) is 1. The maximum atomic E-state index is 9.66. The van der Waals surface area contributed by atoms with Crippen molar-refractivity contribution in [3.63, 3.8) is 0 Å². The Kier molecular flexibility index (Phi) is 6.91. The first-order valence-electron chi connectivity index (χ1n) is 7.85. The largest absolute Gasteiger partial charge is 0.396 e. The molecule has 0 fully saturated rings. The van der Waals surface area contributed by atoms with Gasteiger partial charge in [0.2, 0.25) is 0 Å². The summed E-state index contributed by atoms with van der Waals surface area (Å²) in [5.74, 6) is 0.122. The van der Waals surface area contributed by atoms with Gasteiger partial charge in [-0.1, -0.05) is 53.5 Å². The molecule has 124 valence electrons. The zero-order valence-electron chi connectivity index (χ0n) is 13.5. The van der Waals surface area contributed by atoms with Gasteiger partial charge in [0.05, 0.1) is 0 Å². The van der Waals surface area contributed by atoms with Gasteiger partial charge in [-0.2, -0.15) is 0 Å². The number of hydrogen-bond donors (Lipinski definition) is 2. The van der Waals surface area contributed by atoms with Crippen molar-refractivity contribution in [3.8, 4) is 0 Å². The molecule has 0 saturated heterocycles. The number of rotatable bonds is 7. The summed E-state index contributed by atoms with van der Waals surface area (Å²) in [5.41, 5.74) is 3.36. The van der Waals surface area contributed by atoms with Crippen LogP contribution in [0.4, 0.5) is 0 Å². The molecule has 2 aromatic carbocycles. The van der Waals surface area contributed by atoms with Crippen molar-refractivity contribution in [1.29, 1.82) is 0 Å². The summed E-state index contributed by atoms with van der Waals surface area (Å²) in [6, 6.07) is 13.9. The van der Waals surface area contributed by atoms with Crippen LogP contribution in [-0.2, 0) is 6.42 Å². The summed E-state index contributed by atoms with van der Waals surface area (Å²) >= 11 is 12.4. The van der Waals surface area contributed by atoms with Crippen molar-refractivity contribution in [2.45, 2.75) is 26.3 Å². The minimum atomic E-state index is 0.122. The van der Waals surface area contributed by atoms with Gasteiger partial charge in [-0.05, 0) is 55.0 Å². The van der Waals surface area contributed by atoms with Gasteiger partial charge in [0.15, 0.2) is 0 Å². The lowest BCUT2D eigenvalue weighted by atomic mass is 9.98. The maximum absolute atomic E-state index is 9.66. The van der Waals surface area contributed by atoms with Crippen LogP contribution in [-0.4, -0.2) is 18.3 Å². The molecule has 2 atom stereocenters. The van der Waals surface area contributed by atoms with E-state index in [9.17, 15) is 5.11 Å². The Morgan fingerprint density at radius 3 is 2.43 bits per heavy atom. The highest BCUT2D eigenvalue weighted by atomic mass is 35.5. The molecule has 2 aromatic rings. The van der Waals surface area contributed by atoms with Crippen LogP contribution < -0.4 is 5.32 Å². The van der Waals surface area contributed by atoms with E-state index < -0.39 is 0 Å². The van der Waals surface area contributed by atoms with E-state index >= 15 is 0 Å². The van der Waals surface area contributed by atoms with Gasteiger partial charge in [-0.15, -0.1) is 0 Å². The van der Waals surface area contributed by atoms with Crippen LogP contribution in [0.1, 0.15) is 29.7 Å². The minimum Gasteiger partial charge on any atom is -0.396 e. The highest BCUT2D eigenvalue weighted by Gasteiger charge is 2.14. The third kappa shape index (κ3) is 4.95. The zero-order chi connectivity index (χ0) is 16.8. The van der Waals surface area contributed by atoms with E-state index in [1.807, 2.05) is 43.3 Å². The molecule has 0 bridgehead atoms. The quantitative estimate of drug-likeness (QED) is 0.750. The summed E-state index contributed by atoms with van der Waals surface area (Å²) in [6.07, 6.45) is 0.754. The zero-order valence-corrected chi connectivity index (χ0v) is 15.0. The van der Waals surface area contributed by atoms with Crippen LogP contribution in [0.15, 0.2) is 42.5 Å². The third-order valence-corrected chi connectivity index (χ3v) is 4.99. The Labute approximate surface area is 148 Å². The molecule has 2 rings (SSSR count). The molecule has 0 amide bonds. The van der Waals surface area contributed by atoms with Gasteiger partial charge in [-0.25, -0.2) is 0 Å². The van der Waals surface area contributed by atoms with Gasteiger partial charge >= 0.3 is 0 Å². The predicted octanol–water partition coefficient (Wildman–Crippen LogP) is 4.80. The summed E-state index contributed by atoms with van der Waals surface area (Å²) in [4.78, 5) is 0. The van der Waals surface area contributed by atoms with Crippen molar-refractivity contribution in [3.05, 3.63) is 69.2 Å². The lowest BCUT2D eigenvalue weighted by molar-refractivity contribution is 0.219. The Bertz CT molecular complexity index is 645. The molecule has 2 N–H and O–H groups in total. The van der Waals surface area contributed by atoms with Gasteiger partial charge in [0.1, 0.15) is 0 Å². The molecular formula is C19H23Cl2NO. The Morgan fingerprint density at radius 2 is 1.74 bits per heavy atom. The van der Waals surface area contributed by atoms with Crippen LogP contribution in [0.3, 0.4) is 0 Å². The summed E-state index contributed by atoms with van der Waals surface area (Å²) < 4.78 is 0. The SMILES string of the molecule is Cc1c(Cl)cccc1C(C)NCC(CO)Cc1ccccc1Cl. The second kappa shape index (κ2) is 8.70. The highest BCUT2D eigenvalue weighted by Crippen LogP contribution is 2.24. The Balaban J connectivity index is 1.97. The number of benzene rings is 2. The Morgan fingerprint density at radius 1 is 1.04 bits per heavy atom. The standard InChI is InChI=1S/C19H23Cl2NO/c1-13-17(7-5-9-18(13)20)14(2)22-11-15(12-23)10-16-6-3-4-8-19(16)21/h3-9,14-15,22-23H,10-12H2,1-2H3. The van der Waals surface area contributed by atoms with Crippen molar-refractivity contribution in [2.24, 2.45) is 5.92 Å². The molecule has 0 aromatic heterocycles. The number of aliphatic hydroxyl groups is 1. The van der Waals surface area contributed by atoms with Gasteiger partial charge in [0.25, 0.3) is 0 Å². The maximum Gasteiger partial charge on any atom is 0.0474 e. The summed E-state index contributed by atoms with van der Waals surface area (Å²) in [5, 5.41) is 14.7. The first kappa shape index (κ1) is 18.3. The molecule has 23 heavy (non-hydrogen) atoms. The molecule has 0 aliphatic heterocycles. The van der Waals surface area contributed by atoms with E-state index in [2.05, 4.69) is 18.3 Å². The first-order valence-corrected chi connectivity index (χ1v) is 8.61. The third-order valence-electron chi connectivity index (χ3n) is 4.21. The second-order valence-corrected chi connectivity index (χ2v) is 6.74. The van der Waals surface area contributed by atoms with Crippen LogP contribution in [0.25, 0.3) is 0 Å². The van der Waals surface area contributed by atoms with E-state index in [0.717, 1.165) is 34.1 Å². The molecular weight excluding hydrogens is 329 g/mol. The fourth-order valence-electron chi connectivity index (χ4n) is 2.72. The fraction of sp³-hybridized carbons (Fsp3) is 0.368.